The third-order valence-corrected chi connectivity index (χ3v) is 4.43. The van der Waals surface area contributed by atoms with E-state index in [-0.39, 0.29) is 28.0 Å². The van der Waals surface area contributed by atoms with Gasteiger partial charge in [0.05, 0.1) is 12.0 Å². The summed E-state index contributed by atoms with van der Waals surface area (Å²) in [6, 6.07) is 2.33. The number of piperidine rings is 1. The summed E-state index contributed by atoms with van der Waals surface area (Å²) in [7, 11) is 0. The molecule has 0 N–H and O–H groups in total. The summed E-state index contributed by atoms with van der Waals surface area (Å²) in [6.07, 6.45) is 0.522. The van der Waals surface area contributed by atoms with Gasteiger partial charge < -0.3 is 9.64 Å². The molecule has 0 aromatic rings. The summed E-state index contributed by atoms with van der Waals surface area (Å²) in [5, 5.41) is 9.22. The summed E-state index contributed by atoms with van der Waals surface area (Å²) in [4.78, 5) is 13.9. The molecule has 0 spiro atoms. The number of hydrogen-bond acceptors (Lipinski definition) is 3. The van der Waals surface area contributed by atoms with Crippen molar-refractivity contribution in [3.05, 3.63) is 0 Å². The monoisotopic (exact) mass is 364 g/mol. The molecule has 4 nitrogen and oxygen atoms in total. The molecule has 1 rings (SSSR count). The van der Waals surface area contributed by atoms with E-state index in [0.717, 1.165) is 6.42 Å². The molecule has 1 saturated heterocycles. The zero-order chi connectivity index (χ0) is 14.1. The maximum absolute atomic E-state index is 12.2. The molecule has 1 aliphatic heterocycles. The maximum atomic E-state index is 12.2. The molecule has 0 radical (unpaired) electrons. The molecule has 5 heteroatoms. The highest BCUT2D eigenvalue weighted by atomic mass is 127. The number of nitrogens with zero attached hydrogens (tertiary/aromatic N) is 2. The minimum atomic E-state index is -0.500. The topological polar surface area (TPSA) is 53.3 Å². The minimum Gasteiger partial charge on any atom is -0.444 e. The van der Waals surface area contributed by atoms with E-state index in [1.807, 2.05) is 34.6 Å². The Kier molecular flexibility index (Phi) is 4.87. The second-order valence-electron chi connectivity index (χ2n) is 5.88. The summed E-state index contributed by atoms with van der Waals surface area (Å²) >= 11 is 2.31. The van der Waals surface area contributed by atoms with Crippen molar-refractivity contribution in [2.75, 3.05) is 0 Å². The smallest absolute Gasteiger partial charge is 0.410 e. The number of likely N-dealkylation sites (tertiary alicyclic amines) is 1. The van der Waals surface area contributed by atoms with Crippen LogP contribution < -0.4 is 0 Å². The first-order valence-corrected chi connectivity index (χ1v) is 7.47. The first kappa shape index (κ1) is 15.5. The second kappa shape index (κ2) is 5.64. The standard InChI is InChI=1S/C13H21IN2O2/c1-8-6-11(14)10(7-15)9(2)16(8)12(17)18-13(3,4)5/h8-11H,6H2,1-5H3. The predicted molar refractivity (Wildman–Crippen MR) is 78.5 cm³/mol. The Morgan fingerprint density at radius 1 is 1.44 bits per heavy atom. The van der Waals surface area contributed by atoms with Crippen LogP contribution in [0.25, 0.3) is 0 Å². The molecule has 1 fully saturated rings. The van der Waals surface area contributed by atoms with Crippen LogP contribution in [0.5, 0.6) is 0 Å². The average Bonchev–Trinajstić information content (AvgIpc) is 2.13. The average molecular weight is 364 g/mol. The van der Waals surface area contributed by atoms with Crippen molar-refractivity contribution in [2.24, 2.45) is 5.92 Å². The third kappa shape index (κ3) is 3.50. The number of halogens is 1. The van der Waals surface area contributed by atoms with Crippen LogP contribution in [0.1, 0.15) is 41.0 Å². The molecule has 0 bridgehead atoms. The lowest BCUT2D eigenvalue weighted by Gasteiger charge is -2.43. The van der Waals surface area contributed by atoms with E-state index in [4.69, 9.17) is 4.74 Å². The van der Waals surface area contributed by atoms with Gasteiger partial charge in [0, 0.05) is 16.0 Å². The van der Waals surface area contributed by atoms with Crippen LogP contribution in [0.4, 0.5) is 4.79 Å². The summed E-state index contributed by atoms with van der Waals surface area (Å²) in [5.74, 6) is -0.130. The zero-order valence-electron chi connectivity index (χ0n) is 11.6. The molecule has 4 atom stereocenters. The van der Waals surface area contributed by atoms with Crippen molar-refractivity contribution < 1.29 is 9.53 Å². The van der Waals surface area contributed by atoms with Crippen LogP contribution in [0, 0.1) is 17.2 Å². The van der Waals surface area contributed by atoms with Crippen LogP contribution in [0.15, 0.2) is 0 Å². The number of amides is 1. The quantitative estimate of drug-likeness (QED) is 0.489. The molecule has 0 aliphatic carbocycles. The van der Waals surface area contributed by atoms with Gasteiger partial charge in [0.15, 0.2) is 0 Å². The van der Waals surface area contributed by atoms with Crippen LogP contribution >= 0.6 is 22.6 Å². The van der Waals surface area contributed by atoms with Gasteiger partial charge in [0.2, 0.25) is 0 Å². The van der Waals surface area contributed by atoms with E-state index in [1.54, 1.807) is 4.90 Å². The molecular weight excluding hydrogens is 343 g/mol. The van der Waals surface area contributed by atoms with Crippen LogP contribution in [-0.4, -0.2) is 32.6 Å². The van der Waals surface area contributed by atoms with Gasteiger partial charge in [-0.15, -0.1) is 0 Å². The number of rotatable bonds is 0. The Bertz CT molecular complexity index is 359. The van der Waals surface area contributed by atoms with Crippen molar-refractivity contribution in [2.45, 2.75) is 62.6 Å². The molecule has 1 aliphatic rings. The van der Waals surface area contributed by atoms with Crippen LogP contribution in [0.3, 0.4) is 0 Å². The van der Waals surface area contributed by atoms with Gasteiger partial charge in [0.1, 0.15) is 5.60 Å². The van der Waals surface area contributed by atoms with Crippen molar-refractivity contribution in [1.82, 2.24) is 4.90 Å². The fourth-order valence-electron chi connectivity index (χ4n) is 2.31. The van der Waals surface area contributed by atoms with Crippen molar-refractivity contribution in [3.8, 4) is 6.07 Å². The van der Waals surface area contributed by atoms with E-state index >= 15 is 0 Å². The van der Waals surface area contributed by atoms with Crippen LogP contribution in [-0.2, 0) is 4.74 Å². The summed E-state index contributed by atoms with van der Waals surface area (Å²) in [6.45, 7) is 9.51. The highest BCUT2D eigenvalue weighted by Gasteiger charge is 2.42. The van der Waals surface area contributed by atoms with Crippen molar-refractivity contribution in [3.63, 3.8) is 0 Å². The molecule has 4 unspecified atom stereocenters. The van der Waals surface area contributed by atoms with E-state index in [0.29, 0.717) is 0 Å². The van der Waals surface area contributed by atoms with E-state index in [2.05, 4.69) is 28.7 Å². The Morgan fingerprint density at radius 2 is 2.00 bits per heavy atom. The first-order chi connectivity index (χ1) is 8.17. The SMILES string of the molecule is CC1CC(I)C(C#N)C(C)N1C(=O)OC(C)(C)C. The molecule has 0 saturated carbocycles. The Morgan fingerprint density at radius 3 is 2.44 bits per heavy atom. The molecule has 0 aromatic carbocycles. The molecular formula is C13H21IN2O2. The number of alkyl halides is 1. The van der Waals surface area contributed by atoms with Gasteiger partial charge in [-0.05, 0) is 41.0 Å². The molecule has 1 amide bonds. The van der Waals surface area contributed by atoms with Gasteiger partial charge in [-0.1, -0.05) is 22.6 Å². The Hall–Kier alpha value is -0.510. The summed E-state index contributed by atoms with van der Waals surface area (Å²) in [5.41, 5.74) is -0.500. The number of carbonyl (C=O) groups excluding carboxylic acids is 1. The normalized spacial score (nSPS) is 32.8. The van der Waals surface area contributed by atoms with Crippen LogP contribution in [0.2, 0.25) is 0 Å². The van der Waals surface area contributed by atoms with Gasteiger partial charge in [-0.3, -0.25) is 0 Å². The van der Waals surface area contributed by atoms with Crippen molar-refractivity contribution in [1.29, 1.82) is 5.26 Å². The van der Waals surface area contributed by atoms with Gasteiger partial charge in [0.25, 0.3) is 0 Å². The fraction of sp³-hybridized carbons (Fsp3) is 0.846. The highest BCUT2D eigenvalue weighted by Crippen LogP contribution is 2.33. The minimum absolute atomic E-state index is 0.101. The molecule has 102 valence electrons. The van der Waals surface area contributed by atoms with E-state index < -0.39 is 5.60 Å². The molecule has 18 heavy (non-hydrogen) atoms. The number of ether oxygens (including phenoxy) is 1. The Balaban J connectivity index is 2.87. The van der Waals surface area contributed by atoms with Gasteiger partial charge in [-0.25, -0.2) is 4.79 Å². The van der Waals surface area contributed by atoms with Gasteiger partial charge >= 0.3 is 6.09 Å². The van der Waals surface area contributed by atoms with Crippen molar-refractivity contribution >= 4 is 28.7 Å². The summed E-state index contributed by atoms with van der Waals surface area (Å²) < 4.78 is 5.71. The van der Waals surface area contributed by atoms with E-state index in [9.17, 15) is 10.1 Å². The predicted octanol–water partition coefficient (Wildman–Crippen LogP) is 3.35. The lowest BCUT2D eigenvalue weighted by atomic mass is 9.88. The molecule has 0 aromatic heterocycles. The molecule has 1 heterocycles. The lowest BCUT2D eigenvalue weighted by molar-refractivity contribution is -0.00434. The highest BCUT2D eigenvalue weighted by molar-refractivity contribution is 14.1. The number of nitriles is 1. The van der Waals surface area contributed by atoms with Gasteiger partial charge in [-0.2, -0.15) is 5.26 Å². The maximum Gasteiger partial charge on any atom is 0.410 e. The first-order valence-electron chi connectivity index (χ1n) is 6.22. The number of hydrogen-bond donors (Lipinski definition) is 0. The number of carbonyl (C=O) groups is 1. The third-order valence-electron chi connectivity index (χ3n) is 3.14. The Labute approximate surface area is 123 Å². The second-order valence-corrected chi connectivity index (χ2v) is 7.48. The largest absolute Gasteiger partial charge is 0.444 e. The fourth-order valence-corrected chi connectivity index (χ4v) is 3.81. The van der Waals surface area contributed by atoms with E-state index in [1.165, 1.54) is 0 Å². The lowest BCUT2D eigenvalue weighted by Crippen LogP contribution is -2.55. The zero-order valence-corrected chi connectivity index (χ0v) is 13.8.